The minimum atomic E-state index is -0.741. The topological polar surface area (TPSA) is 91.3 Å². The first-order valence-electron chi connectivity index (χ1n) is 11.6. The lowest BCUT2D eigenvalue weighted by Gasteiger charge is -2.31. The van der Waals surface area contributed by atoms with Crippen LogP contribution in [0.2, 0.25) is 0 Å². The molecule has 0 spiro atoms. The molecular formula is C27H29FN4O3. The van der Waals surface area contributed by atoms with Crippen LogP contribution in [-0.2, 0) is 0 Å². The lowest BCUT2D eigenvalue weighted by atomic mass is 10.0. The van der Waals surface area contributed by atoms with Gasteiger partial charge in [-0.25, -0.2) is 4.39 Å². The van der Waals surface area contributed by atoms with Crippen LogP contribution in [0.1, 0.15) is 48.4 Å². The largest absolute Gasteiger partial charge is 0.493 e. The highest BCUT2D eigenvalue weighted by Crippen LogP contribution is 2.34. The van der Waals surface area contributed by atoms with Gasteiger partial charge in [0.1, 0.15) is 11.6 Å². The van der Waals surface area contributed by atoms with E-state index in [1.165, 1.54) is 12.1 Å². The van der Waals surface area contributed by atoms with E-state index in [4.69, 9.17) is 4.74 Å². The number of nitrogens with one attached hydrogen (secondary N) is 1. The summed E-state index contributed by atoms with van der Waals surface area (Å²) in [5, 5.41) is 18.2. The molecule has 2 aromatic carbocycles. The van der Waals surface area contributed by atoms with E-state index in [-0.39, 0.29) is 18.3 Å². The highest BCUT2D eigenvalue weighted by molar-refractivity contribution is 5.96. The Hall–Kier alpha value is -3.78. The quantitative estimate of drug-likeness (QED) is 0.371. The van der Waals surface area contributed by atoms with Gasteiger partial charge in [-0.05, 0) is 63.6 Å². The number of nitrogens with zero attached hydrogens (tertiary/aromatic N) is 3. The molecule has 2 aromatic heterocycles. The first kappa shape index (κ1) is 24.3. The van der Waals surface area contributed by atoms with Crippen molar-refractivity contribution in [3.8, 4) is 16.9 Å². The van der Waals surface area contributed by atoms with Gasteiger partial charge in [0, 0.05) is 40.5 Å². The fourth-order valence-electron chi connectivity index (χ4n) is 4.26. The number of rotatable bonds is 8. The number of hydrogen-bond acceptors (Lipinski definition) is 5. The molecule has 0 unspecified atom stereocenters. The molecule has 0 aliphatic carbocycles. The van der Waals surface area contributed by atoms with E-state index in [2.05, 4.69) is 15.2 Å². The van der Waals surface area contributed by atoms with Crippen LogP contribution in [0.4, 0.5) is 4.39 Å². The standard InChI is InChI=1S/C27H29FN4O3/c1-5-35-25-12-20(9-10-22(25)19-7-6-8-21(28)11-19)27(34)32(15-16(2)33)18(4)24-13-29-17(3)23-14-30-31-26(23)24/h6-14,16,18,33H,5,15H2,1-4H3,(H,30,31)/t16-,18+/m0/s1. The lowest BCUT2D eigenvalue weighted by Crippen LogP contribution is -2.38. The Bertz CT molecular complexity index is 1350. The molecule has 0 aliphatic heterocycles. The van der Waals surface area contributed by atoms with Crippen LogP contribution >= 0.6 is 0 Å². The molecule has 0 aliphatic rings. The molecule has 182 valence electrons. The normalized spacial score (nSPS) is 13.0. The third-order valence-electron chi connectivity index (χ3n) is 6.02. The van der Waals surface area contributed by atoms with E-state index < -0.39 is 12.1 Å². The molecule has 4 aromatic rings. The fourth-order valence-corrected chi connectivity index (χ4v) is 4.26. The second kappa shape index (κ2) is 10.2. The molecule has 8 heteroatoms. The minimum Gasteiger partial charge on any atom is -0.493 e. The van der Waals surface area contributed by atoms with Crippen LogP contribution in [0.3, 0.4) is 0 Å². The summed E-state index contributed by atoms with van der Waals surface area (Å²) in [6.07, 6.45) is 2.71. The Morgan fingerprint density at radius 3 is 2.71 bits per heavy atom. The maximum absolute atomic E-state index is 13.8. The molecule has 2 N–H and O–H groups in total. The number of ether oxygens (including phenoxy) is 1. The summed E-state index contributed by atoms with van der Waals surface area (Å²) in [5.74, 6) is -0.126. The molecule has 35 heavy (non-hydrogen) atoms. The van der Waals surface area contributed by atoms with Crippen LogP contribution in [0, 0.1) is 12.7 Å². The summed E-state index contributed by atoms with van der Waals surface area (Å²) < 4.78 is 19.7. The summed E-state index contributed by atoms with van der Waals surface area (Å²) in [7, 11) is 0. The minimum absolute atomic E-state index is 0.124. The maximum Gasteiger partial charge on any atom is 0.254 e. The number of aromatic amines is 1. The zero-order chi connectivity index (χ0) is 25.1. The van der Waals surface area contributed by atoms with Crippen LogP contribution in [0.15, 0.2) is 54.9 Å². The second-order valence-corrected chi connectivity index (χ2v) is 8.59. The van der Waals surface area contributed by atoms with E-state index in [9.17, 15) is 14.3 Å². The molecule has 0 bridgehead atoms. The first-order valence-corrected chi connectivity index (χ1v) is 11.6. The van der Waals surface area contributed by atoms with Crippen molar-refractivity contribution in [3.63, 3.8) is 0 Å². The molecule has 2 heterocycles. The Kier molecular flexibility index (Phi) is 7.12. The Morgan fingerprint density at radius 2 is 2.00 bits per heavy atom. The Labute approximate surface area is 203 Å². The van der Waals surface area contributed by atoms with E-state index in [1.807, 2.05) is 20.8 Å². The number of hydrogen-bond donors (Lipinski definition) is 2. The zero-order valence-corrected chi connectivity index (χ0v) is 20.2. The number of aliphatic hydroxyl groups excluding tert-OH is 1. The fraction of sp³-hybridized carbons (Fsp3) is 0.296. The third kappa shape index (κ3) is 5.02. The zero-order valence-electron chi connectivity index (χ0n) is 20.2. The number of aryl methyl sites for hydroxylation is 1. The van der Waals surface area contributed by atoms with Crippen molar-refractivity contribution in [2.24, 2.45) is 0 Å². The molecular weight excluding hydrogens is 447 g/mol. The van der Waals surface area contributed by atoms with Crippen LogP contribution < -0.4 is 4.74 Å². The number of halogens is 1. The van der Waals surface area contributed by atoms with Crippen molar-refractivity contribution in [2.75, 3.05) is 13.2 Å². The highest BCUT2D eigenvalue weighted by atomic mass is 19.1. The van der Waals surface area contributed by atoms with Gasteiger partial charge in [-0.15, -0.1) is 0 Å². The van der Waals surface area contributed by atoms with Crippen molar-refractivity contribution in [3.05, 3.63) is 77.5 Å². The van der Waals surface area contributed by atoms with Gasteiger partial charge in [-0.2, -0.15) is 5.10 Å². The van der Waals surface area contributed by atoms with E-state index in [0.29, 0.717) is 29.0 Å². The number of fused-ring (bicyclic) bond motifs is 1. The van der Waals surface area contributed by atoms with Gasteiger partial charge in [-0.3, -0.25) is 14.9 Å². The maximum atomic E-state index is 13.8. The van der Waals surface area contributed by atoms with Gasteiger partial charge >= 0.3 is 0 Å². The number of carbonyl (C=O) groups excluding carboxylic acids is 1. The average Bonchev–Trinajstić information content (AvgIpc) is 3.33. The van der Waals surface area contributed by atoms with Crippen molar-refractivity contribution in [2.45, 2.75) is 39.8 Å². The smallest absolute Gasteiger partial charge is 0.254 e. The molecule has 2 atom stereocenters. The number of aromatic nitrogens is 3. The molecule has 7 nitrogen and oxygen atoms in total. The summed E-state index contributed by atoms with van der Waals surface area (Å²) in [4.78, 5) is 19.8. The monoisotopic (exact) mass is 476 g/mol. The van der Waals surface area contributed by atoms with Crippen molar-refractivity contribution >= 4 is 16.8 Å². The second-order valence-electron chi connectivity index (χ2n) is 8.59. The van der Waals surface area contributed by atoms with Gasteiger partial charge in [0.2, 0.25) is 0 Å². The van der Waals surface area contributed by atoms with Crippen LogP contribution in [-0.4, -0.2) is 50.4 Å². The summed E-state index contributed by atoms with van der Waals surface area (Å²) in [6, 6.07) is 11.0. The van der Waals surface area contributed by atoms with E-state index in [0.717, 1.165) is 22.2 Å². The van der Waals surface area contributed by atoms with E-state index in [1.54, 1.807) is 54.5 Å². The predicted octanol–water partition coefficient (Wildman–Crippen LogP) is 5.06. The Morgan fingerprint density at radius 1 is 1.20 bits per heavy atom. The number of benzene rings is 2. The van der Waals surface area contributed by atoms with E-state index >= 15 is 0 Å². The van der Waals surface area contributed by atoms with Gasteiger partial charge < -0.3 is 14.7 Å². The third-order valence-corrected chi connectivity index (χ3v) is 6.02. The number of H-pyrrole nitrogens is 1. The SMILES string of the molecule is CCOc1cc(C(=O)N(C[C@H](C)O)[C@H](C)c2cnc(C)c3cn[nH]c23)ccc1-c1cccc(F)c1. The van der Waals surface area contributed by atoms with Gasteiger partial charge in [0.15, 0.2) is 0 Å². The van der Waals surface area contributed by atoms with Gasteiger partial charge in [0.25, 0.3) is 5.91 Å². The highest BCUT2D eigenvalue weighted by Gasteiger charge is 2.27. The molecule has 4 rings (SSSR count). The number of carbonyl (C=O) groups is 1. The molecule has 0 fully saturated rings. The lowest BCUT2D eigenvalue weighted by molar-refractivity contribution is 0.0559. The summed E-state index contributed by atoms with van der Waals surface area (Å²) in [6.45, 7) is 7.81. The van der Waals surface area contributed by atoms with Crippen molar-refractivity contribution < 1.29 is 19.0 Å². The number of amides is 1. The number of aliphatic hydroxyl groups is 1. The predicted molar refractivity (Wildman–Crippen MR) is 133 cm³/mol. The molecule has 1 amide bonds. The van der Waals surface area contributed by atoms with Crippen molar-refractivity contribution in [1.29, 1.82) is 0 Å². The van der Waals surface area contributed by atoms with Gasteiger partial charge in [-0.1, -0.05) is 12.1 Å². The molecule has 0 radical (unpaired) electrons. The van der Waals surface area contributed by atoms with Crippen molar-refractivity contribution in [1.82, 2.24) is 20.1 Å². The molecule has 0 saturated heterocycles. The van der Waals surface area contributed by atoms with Crippen LogP contribution in [0.25, 0.3) is 22.0 Å². The molecule has 0 saturated carbocycles. The summed E-state index contributed by atoms with van der Waals surface area (Å²) in [5.41, 5.74) is 4.21. The average molecular weight is 477 g/mol. The van der Waals surface area contributed by atoms with Gasteiger partial charge in [0.05, 0.1) is 30.5 Å². The van der Waals surface area contributed by atoms with Crippen LogP contribution in [0.5, 0.6) is 5.75 Å². The summed E-state index contributed by atoms with van der Waals surface area (Å²) >= 11 is 0. The Balaban J connectivity index is 1.74. The first-order chi connectivity index (χ1) is 16.8. The number of pyridine rings is 1.